The highest BCUT2D eigenvalue weighted by molar-refractivity contribution is 7.13. The summed E-state index contributed by atoms with van der Waals surface area (Å²) >= 11 is 1.40. The lowest BCUT2D eigenvalue weighted by Crippen LogP contribution is -2.46. The van der Waals surface area contributed by atoms with Gasteiger partial charge in [0.1, 0.15) is 6.54 Å². The Balaban J connectivity index is 1.59. The highest BCUT2D eigenvalue weighted by Crippen LogP contribution is 2.29. The zero-order valence-corrected chi connectivity index (χ0v) is 14.2. The molecule has 1 aliphatic carbocycles. The zero-order valence-electron chi connectivity index (χ0n) is 13.4. The van der Waals surface area contributed by atoms with Crippen molar-refractivity contribution in [3.63, 3.8) is 0 Å². The summed E-state index contributed by atoms with van der Waals surface area (Å²) in [5.74, 6) is -0.00597. The minimum atomic E-state index is -0.190. The Morgan fingerprint density at radius 1 is 1.39 bits per heavy atom. The van der Waals surface area contributed by atoms with Crippen LogP contribution in [-0.4, -0.2) is 47.5 Å². The molecule has 1 aromatic rings. The third-order valence-corrected chi connectivity index (χ3v) is 5.29. The average Bonchev–Trinajstić information content (AvgIpc) is 3.08. The van der Waals surface area contributed by atoms with Gasteiger partial charge in [0.25, 0.3) is 0 Å². The highest BCUT2D eigenvalue weighted by atomic mass is 32.1. The van der Waals surface area contributed by atoms with Crippen molar-refractivity contribution in [1.29, 1.82) is 0 Å². The van der Waals surface area contributed by atoms with Crippen LogP contribution in [0.15, 0.2) is 5.38 Å². The van der Waals surface area contributed by atoms with Crippen LogP contribution in [0.5, 0.6) is 0 Å². The maximum atomic E-state index is 12.6. The van der Waals surface area contributed by atoms with E-state index in [0.717, 1.165) is 44.4 Å². The number of rotatable bonds is 6. The van der Waals surface area contributed by atoms with Crippen LogP contribution in [0, 0.1) is 12.8 Å². The summed E-state index contributed by atoms with van der Waals surface area (Å²) in [5.41, 5.74) is 0.882. The van der Waals surface area contributed by atoms with Crippen molar-refractivity contribution in [3.05, 3.63) is 11.1 Å². The number of aromatic nitrogens is 1. The monoisotopic (exact) mass is 337 g/mol. The van der Waals surface area contributed by atoms with Crippen LogP contribution in [0.25, 0.3) is 0 Å². The van der Waals surface area contributed by atoms with Crippen molar-refractivity contribution in [3.8, 4) is 0 Å². The molecule has 23 heavy (non-hydrogen) atoms. The van der Waals surface area contributed by atoms with Crippen molar-refractivity contribution in [2.24, 2.45) is 5.92 Å². The molecule has 0 spiro atoms. The van der Waals surface area contributed by atoms with Gasteiger partial charge in [0.05, 0.1) is 11.8 Å². The van der Waals surface area contributed by atoms with E-state index in [1.807, 2.05) is 12.3 Å². The molecule has 2 fully saturated rings. The molecule has 1 N–H and O–H groups in total. The van der Waals surface area contributed by atoms with Gasteiger partial charge in [0.15, 0.2) is 5.13 Å². The molecule has 1 aliphatic heterocycles. The number of nitrogens with zero attached hydrogens (tertiary/aromatic N) is 2. The molecule has 1 aromatic heterocycles. The molecule has 2 aliphatic rings. The Bertz CT molecular complexity index is 565. The van der Waals surface area contributed by atoms with Crippen molar-refractivity contribution in [2.75, 3.05) is 25.0 Å². The molecule has 0 aromatic carbocycles. The second-order valence-corrected chi connectivity index (χ2v) is 7.18. The van der Waals surface area contributed by atoms with Gasteiger partial charge in [-0.3, -0.25) is 9.59 Å². The fraction of sp³-hybridized carbons (Fsp3) is 0.688. The fourth-order valence-electron chi connectivity index (χ4n) is 2.92. The van der Waals surface area contributed by atoms with Crippen molar-refractivity contribution < 1.29 is 14.3 Å². The number of aryl methyl sites for hydroxylation is 1. The largest absolute Gasteiger partial charge is 0.376 e. The lowest BCUT2D eigenvalue weighted by atomic mass is 9.84. The normalized spacial score (nSPS) is 21.0. The highest BCUT2D eigenvalue weighted by Gasteiger charge is 2.32. The molecular weight excluding hydrogens is 314 g/mol. The van der Waals surface area contributed by atoms with Crippen LogP contribution in [-0.2, 0) is 14.3 Å². The average molecular weight is 337 g/mol. The van der Waals surface area contributed by atoms with Crippen LogP contribution in [0.4, 0.5) is 5.13 Å². The van der Waals surface area contributed by atoms with Crippen molar-refractivity contribution in [2.45, 2.75) is 45.1 Å². The lowest BCUT2D eigenvalue weighted by Gasteiger charge is -2.32. The van der Waals surface area contributed by atoms with E-state index in [1.54, 1.807) is 4.90 Å². The smallest absolute Gasteiger partial charge is 0.245 e. The molecule has 7 heteroatoms. The maximum Gasteiger partial charge on any atom is 0.245 e. The summed E-state index contributed by atoms with van der Waals surface area (Å²) in [6.07, 6.45) is 5.04. The van der Waals surface area contributed by atoms with E-state index in [4.69, 9.17) is 4.74 Å². The van der Waals surface area contributed by atoms with Gasteiger partial charge in [-0.1, -0.05) is 6.42 Å². The van der Waals surface area contributed by atoms with Gasteiger partial charge in [-0.25, -0.2) is 4.98 Å². The van der Waals surface area contributed by atoms with Crippen LogP contribution in [0.1, 0.15) is 37.8 Å². The molecule has 2 heterocycles. The second-order valence-electron chi connectivity index (χ2n) is 6.32. The van der Waals surface area contributed by atoms with E-state index in [-0.39, 0.29) is 30.4 Å². The third kappa shape index (κ3) is 4.29. The topological polar surface area (TPSA) is 71.5 Å². The number of carbonyl (C=O) groups excluding carboxylic acids is 2. The predicted octanol–water partition coefficient (Wildman–Crippen LogP) is 2.20. The summed E-state index contributed by atoms with van der Waals surface area (Å²) in [7, 11) is 0. The molecule has 126 valence electrons. The maximum absolute atomic E-state index is 12.6. The van der Waals surface area contributed by atoms with E-state index in [0.29, 0.717) is 11.7 Å². The first kappa shape index (κ1) is 16.4. The molecule has 1 unspecified atom stereocenters. The molecule has 1 saturated heterocycles. The molecule has 3 rings (SSSR count). The number of amides is 2. The van der Waals surface area contributed by atoms with E-state index < -0.39 is 0 Å². The molecule has 6 nitrogen and oxygen atoms in total. The van der Waals surface area contributed by atoms with E-state index in [2.05, 4.69) is 10.3 Å². The Hall–Kier alpha value is -1.47. The van der Waals surface area contributed by atoms with Gasteiger partial charge in [0, 0.05) is 24.4 Å². The zero-order chi connectivity index (χ0) is 16.2. The van der Waals surface area contributed by atoms with Gasteiger partial charge in [0.2, 0.25) is 11.8 Å². The van der Waals surface area contributed by atoms with Gasteiger partial charge in [-0.15, -0.1) is 11.3 Å². The minimum absolute atomic E-state index is 0.0638. The number of hydrogen-bond acceptors (Lipinski definition) is 5. The lowest BCUT2D eigenvalue weighted by molar-refractivity contribution is -0.142. The Morgan fingerprint density at radius 3 is 2.78 bits per heavy atom. The summed E-state index contributed by atoms with van der Waals surface area (Å²) < 4.78 is 5.63. The minimum Gasteiger partial charge on any atom is -0.376 e. The molecule has 2 amide bonds. The summed E-state index contributed by atoms with van der Waals surface area (Å²) in [4.78, 5) is 30.7. The summed E-state index contributed by atoms with van der Waals surface area (Å²) in [5, 5.41) is 5.25. The van der Waals surface area contributed by atoms with Gasteiger partial charge in [-0.05, 0) is 32.6 Å². The predicted molar refractivity (Wildman–Crippen MR) is 88.4 cm³/mol. The first-order chi connectivity index (χ1) is 11.1. The van der Waals surface area contributed by atoms with Gasteiger partial charge in [-0.2, -0.15) is 0 Å². The third-order valence-electron chi connectivity index (χ3n) is 4.41. The SMILES string of the molecule is Cc1csc(NC(=O)CN(CC2CCCO2)C(=O)C2CCC2)n1. The fourth-order valence-corrected chi connectivity index (χ4v) is 3.63. The summed E-state index contributed by atoms with van der Waals surface area (Å²) in [6.45, 7) is 3.23. The Kier molecular flexibility index (Phi) is 5.27. The van der Waals surface area contributed by atoms with E-state index >= 15 is 0 Å². The molecule has 1 saturated carbocycles. The first-order valence-corrected chi connectivity index (χ1v) is 9.12. The Morgan fingerprint density at radius 2 is 2.22 bits per heavy atom. The molecule has 0 radical (unpaired) electrons. The number of carbonyl (C=O) groups is 2. The van der Waals surface area contributed by atoms with Crippen LogP contribution in [0.3, 0.4) is 0 Å². The number of thiazole rings is 1. The van der Waals surface area contributed by atoms with E-state index in [9.17, 15) is 9.59 Å². The van der Waals surface area contributed by atoms with Crippen LogP contribution >= 0.6 is 11.3 Å². The summed E-state index contributed by atoms with van der Waals surface area (Å²) in [6, 6.07) is 0. The van der Waals surface area contributed by atoms with Crippen molar-refractivity contribution >= 4 is 28.3 Å². The number of anilines is 1. The number of ether oxygens (including phenoxy) is 1. The number of hydrogen-bond donors (Lipinski definition) is 1. The second kappa shape index (κ2) is 7.40. The molecule has 1 atom stereocenters. The molecular formula is C16H23N3O3S. The van der Waals surface area contributed by atoms with Gasteiger partial charge >= 0.3 is 0 Å². The number of nitrogens with one attached hydrogen (secondary N) is 1. The first-order valence-electron chi connectivity index (χ1n) is 8.24. The van der Waals surface area contributed by atoms with Crippen LogP contribution < -0.4 is 5.32 Å². The van der Waals surface area contributed by atoms with E-state index in [1.165, 1.54) is 11.3 Å². The Labute approximate surface area is 140 Å². The molecule has 0 bridgehead atoms. The van der Waals surface area contributed by atoms with Gasteiger partial charge < -0.3 is 15.0 Å². The standard InChI is InChI=1S/C16H23N3O3S/c1-11-10-23-16(17-11)18-14(20)9-19(8-13-6-3-7-22-13)15(21)12-4-2-5-12/h10,12-13H,2-9H2,1H3,(H,17,18,20). The van der Waals surface area contributed by atoms with Crippen molar-refractivity contribution in [1.82, 2.24) is 9.88 Å². The van der Waals surface area contributed by atoms with Crippen LogP contribution in [0.2, 0.25) is 0 Å². The quantitative estimate of drug-likeness (QED) is 0.864.